The Morgan fingerprint density at radius 3 is 2.70 bits per heavy atom. The number of nitrogens with zero attached hydrogens (tertiary/aromatic N) is 2. The van der Waals surface area contributed by atoms with Crippen LogP contribution < -0.4 is 5.32 Å². The number of rotatable bonds is 0. The Morgan fingerprint density at radius 1 is 1.25 bits per heavy atom. The lowest BCUT2D eigenvalue weighted by Gasteiger charge is -2.37. The van der Waals surface area contributed by atoms with Crippen molar-refractivity contribution in [3.8, 4) is 0 Å². The minimum atomic E-state index is -0.406. The van der Waals surface area contributed by atoms with Crippen LogP contribution in [0.3, 0.4) is 0 Å². The molecule has 0 saturated carbocycles. The SMILES string of the molecule is CC.O=C1Nc2ccccc2C(=O)N2CCN(P)CC12.[HH]. The highest BCUT2D eigenvalue weighted by molar-refractivity contribution is 7.13. The molecule has 110 valence electrons. The van der Waals surface area contributed by atoms with Gasteiger partial charge in [-0.2, -0.15) is 0 Å². The van der Waals surface area contributed by atoms with Gasteiger partial charge >= 0.3 is 0 Å². The molecule has 1 aromatic carbocycles. The van der Waals surface area contributed by atoms with Gasteiger partial charge < -0.3 is 10.2 Å². The highest BCUT2D eigenvalue weighted by Crippen LogP contribution is 2.25. The van der Waals surface area contributed by atoms with Crippen molar-refractivity contribution in [3.63, 3.8) is 0 Å². The van der Waals surface area contributed by atoms with Gasteiger partial charge in [0.05, 0.1) is 11.3 Å². The van der Waals surface area contributed by atoms with Crippen LogP contribution in [0.15, 0.2) is 24.3 Å². The van der Waals surface area contributed by atoms with Crippen LogP contribution in [0, 0.1) is 0 Å². The number of carbonyl (C=O) groups excluding carboxylic acids is 2. The summed E-state index contributed by atoms with van der Waals surface area (Å²) in [7, 11) is 2.59. The highest BCUT2D eigenvalue weighted by atomic mass is 31.0. The van der Waals surface area contributed by atoms with Gasteiger partial charge in [-0.05, 0) is 12.1 Å². The molecule has 1 aromatic rings. The molecule has 3 rings (SSSR count). The summed E-state index contributed by atoms with van der Waals surface area (Å²) in [6, 6.07) is 6.75. The van der Waals surface area contributed by atoms with E-state index < -0.39 is 6.04 Å². The molecule has 1 N–H and O–H groups in total. The van der Waals surface area contributed by atoms with Gasteiger partial charge in [0.15, 0.2) is 0 Å². The zero-order valence-electron chi connectivity index (χ0n) is 11.8. The van der Waals surface area contributed by atoms with Crippen molar-refractivity contribution in [2.24, 2.45) is 0 Å². The molecule has 0 aliphatic carbocycles. The standard InChI is InChI=1S/C12H14N3O2P.C2H6.H2/c16-11-10-7-14(18)5-6-15(10)12(17)8-3-1-2-4-9(8)13-11;1-2;/h1-4,10H,5-7,18H2,(H,13,16);1-2H3;1H. The third kappa shape index (κ3) is 2.69. The molecule has 0 aromatic heterocycles. The van der Waals surface area contributed by atoms with E-state index in [1.54, 1.807) is 17.0 Å². The third-order valence-electron chi connectivity index (χ3n) is 3.39. The normalized spacial score (nSPS) is 21.9. The molecule has 0 spiro atoms. The number of hydrogen-bond acceptors (Lipinski definition) is 3. The van der Waals surface area contributed by atoms with E-state index in [9.17, 15) is 9.59 Å². The molecule has 1 fully saturated rings. The minimum absolute atomic E-state index is 0. The summed E-state index contributed by atoms with van der Waals surface area (Å²) in [4.78, 5) is 26.3. The Kier molecular flexibility index (Phi) is 4.73. The predicted molar refractivity (Wildman–Crippen MR) is 84.6 cm³/mol. The molecule has 0 bridgehead atoms. The van der Waals surface area contributed by atoms with Crippen LogP contribution in [-0.4, -0.2) is 47.1 Å². The fraction of sp³-hybridized carbons (Fsp3) is 0.429. The summed E-state index contributed by atoms with van der Waals surface area (Å²) < 4.78 is 1.99. The number of nitrogens with one attached hydrogen (secondary N) is 1. The number of anilines is 1. The first-order valence-corrected chi connectivity index (χ1v) is 7.39. The molecular weight excluding hydrogens is 273 g/mol. The van der Waals surface area contributed by atoms with Crippen molar-refractivity contribution in [1.29, 1.82) is 0 Å². The predicted octanol–water partition coefficient (Wildman–Crippen LogP) is 1.83. The molecule has 6 heteroatoms. The second kappa shape index (κ2) is 6.33. The van der Waals surface area contributed by atoms with Gasteiger partial charge in [-0.3, -0.25) is 14.3 Å². The topological polar surface area (TPSA) is 52.7 Å². The molecule has 2 amide bonds. The number of piperazine rings is 1. The van der Waals surface area contributed by atoms with E-state index >= 15 is 0 Å². The second-order valence-electron chi connectivity index (χ2n) is 4.54. The lowest BCUT2D eigenvalue weighted by molar-refractivity contribution is -0.121. The number of para-hydroxylation sites is 1. The lowest BCUT2D eigenvalue weighted by Crippen LogP contribution is -2.56. The lowest BCUT2D eigenvalue weighted by atomic mass is 10.1. The summed E-state index contributed by atoms with van der Waals surface area (Å²) >= 11 is 0. The number of hydrogen-bond donors (Lipinski definition) is 1. The molecule has 1 saturated heterocycles. The van der Waals surface area contributed by atoms with Gasteiger partial charge in [-0.1, -0.05) is 35.4 Å². The average molecular weight is 295 g/mol. The quantitative estimate of drug-likeness (QED) is 0.743. The van der Waals surface area contributed by atoms with E-state index in [1.165, 1.54) is 0 Å². The van der Waals surface area contributed by atoms with E-state index in [0.29, 0.717) is 24.3 Å². The van der Waals surface area contributed by atoms with Crippen molar-refractivity contribution in [2.75, 3.05) is 25.0 Å². The van der Waals surface area contributed by atoms with Gasteiger partial charge in [0.2, 0.25) is 5.91 Å². The molecule has 0 radical (unpaired) electrons. The zero-order chi connectivity index (χ0) is 14.7. The van der Waals surface area contributed by atoms with Crippen molar-refractivity contribution in [2.45, 2.75) is 19.9 Å². The first kappa shape index (κ1) is 14.9. The van der Waals surface area contributed by atoms with Crippen molar-refractivity contribution in [3.05, 3.63) is 29.8 Å². The largest absolute Gasteiger partial charge is 0.324 e. The van der Waals surface area contributed by atoms with Crippen LogP contribution in [-0.2, 0) is 4.79 Å². The van der Waals surface area contributed by atoms with Crippen molar-refractivity contribution < 1.29 is 11.0 Å². The molecule has 20 heavy (non-hydrogen) atoms. The van der Waals surface area contributed by atoms with Crippen molar-refractivity contribution >= 4 is 26.9 Å². The van der Waals surface area contributed by atoms with Crippen LogP contribution in [0.4, 0.5) is 5.69 Å². The molecule has 2 atom stereocenters. The number of amides is 2. The van der Waals surface area contributed by atoms with Crippen molar-refractivity contribution in [1.82, 2.24) is 9.57 Å². The van der Waals surface area contributed by atoms with Gasteiger partial charge in [0.25, 0.3) is 5.91 Å². The number of fused-ring (bicyclic) bond motifs is 2. The van der Waals surface area contributed by atoms with Gasteiger partial charge in [-0.15, -0.1) is 0 Å². The Balaban J connectivity index is 0.000000706. The third-order valence-corrected chi connectivity index (χ3v) is 3.86. The fourth-order valence-electron chi connectivity index (χ4n) is 2.42. The van der Waals surface area contributed by atoms with Crippen LogP contribution in [0.25, 0.3) is 0 Å². The van der Waals surface area contributed by atoms with E-state index in [1.807, 2.05) is 30.7 Å². The summed E-state index contributed by atoms with van der Waals surface area (Å²) in [6.07, 6.45) is 0. The zero-order valence-corrected chi connectivity index (χ0v) is 13.0. The summed E-state index contributed by atoms with van der Waals surface area (Å²) in [5.74, 6) is -0.174. The summed E-state index contributed by atoms with van der Waals surface area (Å²) in [5.41, 5.74) is 1.18. The fourth-order valence-corrected chi connectivity index (χ4v) is 2.74. The number of carbonyl (C=O) groups is 2. The van der Waals surface area contributed by atoms with Gasteiger partial charge in [0.1, 0.15) is 6.04 Å². The summed E-state index contributed by atoms with van der Waals surface area (Å²) in [5, 5.41) is 2.84. The van der Waals surface area contributed by atoms with E-state index in [0.717, 1.165) is 6.54 Å². The first-order valence-electron chi connectivity index (χ1n) is 6.87. The first-order chi connectivity index (χ1) is 9.66. The Bertz CT molecular complexity index is 527. The molecule has 2 aliphatic rings. The molecule has 2 aliphatic heterocycles. The molecule has 5 nitrogen and oxygen atoms in total. The van der Waals surface area contributed by atoms with E-state index in [-0.39, 0.29) is 13.2 Å². The monoisotopic (exact) mass is 295 g/mol. The maximum absolute atomic E-state index is 12.4. The Labute approximate surface area is 123 Å². The second-order valence-corrected chi connectivity index (χ2v) is 5.27. The van der Waals surface area contributed by atoms with Crippen LogP contribution in [0.2, 0.25) is 0 Å². The van der Waals surface area contributed by atoms with E-state index in [2.05, 4.69) is 14.7 Å². The van der Waals surface area contributed by atoms with Gasteiger partial charge in [-0.25, -0.2) is 0 Å². The minimum Gasteiger partial charge on any atom is -0.324 e. The van der Waals surface area contributed by atoms with E-state index in [4.69, 9.17) is 0 Å². The molecular formula is C14H22N3O2P. The average Bonchev–Trinajstić information content (AvgIpc) is 2.58. The highest BCUT2D eigenvalue weighted by Gasteiger charge is 2.38. The Morgan fingerprint density at radius 2 is 1.95 bits per heavy atom. The van der Waals surface area contributed by atoms with Crippen LogP contribution >= 0.6 is 9.39 Å². The Hall–Kier alpha value is -1.45. The van der Waals surface area contributed by atoms with Gasteiger partial charge in [0, 0.05) is 21.1 Å². The molecule has 2 heterocycles. The number of benzene rings is 1. The van der Waals surface area contributed by atoms with Crippen LogP contribution in [0.1, 0.15) is 25.6 Å². The van der Waals surface area contributed by atoms with Crippen LogP contribution in [0.5, 0.6) is 0 Å². The maximum atomic E-state index is 12.4. The molecule has 2 unspecified atom stereocenters. The summed E-state index contributed by atoms with van der Waals surface area (Å²) in [6.45, 7) is 5.90. The maximum Gasteiger partial charge on any atom is 0.256 e. The smallest absolute Gasteiger partial charge is 0.256 e.